The molecule has 0 saturated heterocycles. The second kappa shape index (κ2) is 11.2. The Morgan fingerprint density at radius 1 is 1.27 bits per heavy atom. The molecule has 0 spiro atoms. The first kappa shape index (κ1) is 29.0. The number of halogens is 1. The van der Waals surface area contributed by atoms with Gasteiger partial charge in [0.05, 0.1) is 40.9 Å². The van der Waals surface area contributed by atoms with E-state index in [9.17, 15) is 8.42 Å². The maximum Gasteiger partial charge on any atom is 0.264 e. The average Bonchev–Trinajstić information content (AvgIpc) is 3.45. The van der Waals surface area contributed by atoms with Crippen molar-refractivity contribution in [2.24, 2.45) is 0 Å². The Labute approximate surface area is 215 Å². The van der Waals surface area contributed by atoms with Crippen LogP contribution in [0.1, 0.15) is 66.1 Å². The zero-order valence-corrected chi connectivity index (χ0v) is 25.6. The molecule has 33 heavy (non-hydrogen) atoms. The largest absolute Gasteiger partial charge is 0.476 e. The second-order valence-electron chi connectivity index (χ2n) is 10.6. The maximum absolute atomic E-state index is 11.6. The molecule has 1 heterocycles. The highest BCUT2D eigenvalue weighted by atomic mass is 127. The summed E-state index contributed by atoms with van der Waals surface area (Å²) in [5.74, 6) is 0.642. The van der Waals surface area contributed by atoms with Gasteiger partial charge in [0, 0.05) is 19.1 Å². The summed E-state index contributed by atoms with van der Waals surface area (Å²) >= 11 is 2.31. The zero-order valence-electron chi connectivity index (χ0n) is 21.6. The third-order valence-corrected chi connectivity index (χ3v) is 12.6. The first-order valence-corrected chi connectivity index (χ1v) is 17.5. The van der Waals surface area contributed by atoms with Gasteiger partial charge in [-0.15, -0.1) is 5.10 Å². The summed E-state index contributed by atoms with van der Waals surface area (Å²) in [6.07, 6.45) is 2.90. The molecule has 1 aromatic heterocycles. The van der Waals surface area contributed by atoms with E-state index in [0.29, 0.717) is 38.2 Å². The van der Waals surface area contributed by atoms with Gasteiger partial charge in [0.2, 0.25) is 5.88 Å². The van der Waals surface area contributed by atoms with Crippen LogP contribution in [0.15, 0.2) is 0 Å². The van der Waals surface area contributed by atoms with Crippen LogP contribution >= 0.6 is 22.6 Å². The Morgan fingerprint density at radius 2 is 1.88 bits per heavy atom. The third-order valence-electron chi connectivity index (χ3n) is 6.35. The summed E-state index contributed by atoms with van der Waals surface area (Å²) in [7, 11) is -5.37. The first-order chi connectivity index (χ1) is 15.1. The highest BCUT2D eigenvalue weighted by Gasteiger charge is 2.38. The van der Waals surface area contributed by atoms with Crippen molar-refractivity contribution >= 4 is 41.0 Å². The van der Waals surface area contributed by atoms with Gasteiger partial charge in [-0.1, -0.05) is 20.8 Å². The van der Waals surface area contributed by atoms with Crippen molar-refractivity contribution in [3.05, 3.63) is 9.26 Å². The maximum atomic E-state index is 11.6. The predicted molar refractivity (Wildman–Crippen MR) is 143 cm³/mol. The summed E-state index contributed by atoms with van der Waals surface area (Å²) in [6.45, 7) is 19.5. The minimum absolute atomic E-state index is 0.0441. The minimum atomic E-state index is -3.49. The topological polar surface area (TPSA) is 82.9 Å². The normalized spacial score (nSPS) is 17.4. The van der Waals surface area contributed by atoms with Crippen LogP contribution in [-0.2, 0) is 25.3 Å². The Bertz CT molecular complexity index is 897. The number of rotatable bonds is 13. The lowest BCUT2D eigenvalue weighted by molar-refractivity contribution is 0.136. The van der Waals surface area contributed by atoms with Crippen LogP contribution < -0.4 is 4.74 Å². The summed E-state index contributed by atoms with van der Waals surface area (Å²) in [5, 5.41) is 4.94. The van der Waals surface area contributed by atoms with Crippen molar-refractivity contribution in [1.82, 2.24) is 14.7 Å². The molecule has 0 aromatic carbocycles. The van der Waals surface area contributed by atoms with Gasteiger partial charge in [-0.05, 0) is 74.3 Å². The highest BCUT2D eigenvalue weighted by molar-refractivity contribution is 14.1. The van der Waals surface area contributed by atoms with Crippen LogP contribution in [0.25, 0.3) is 0 Å². The number of nitrogens with zero attached hydrogens (tertiary/aromatic N) is 3. The van der Waals surface area contributed by atoms with Crippen molar-refractivity contribution in [3.8, 4) is 5.88 Å². The molecule has 1 aromatic rings. The number of hydrogen-bond acceptors (Lipinski definition) is 7. The van der Waals surface area contributed by atoms with E-state index < -0.39 is 24.5 Å². The quantitative estimate of drug-likeness (QED) is 0.179. The molecule has 2 rings (SSSR count). The lowest BCUT2D eigenvalue weighted by Crippen LogP contribution is -2.42. The van der Waals surface area contributed by atoms with E-state index in [1.54, 1.807) is 6.92 Å². The van der Waals surface area contributed by atoms with E-state index in [2.05, 4.69) is 68.3 Å². The molecular weight excluding hydrogens is 573 g/mol. The van der Waals surface area contributed by atoms with E-state index in [1.807, 2.05) is 11.6 Å². The van der Waals surface area contributed by atoms with Gasteiger partial charge >= 0.3 is 0 Å². The Hall–Kier alpha value is -0.213. The monoisotopic (exact) mass is 615 g/mol. The number of hydrogen-bond donors (Lipinski definition) is 0. The van der Waals surface area contributed by atoms with Gasteiger partial charge in [0.1, 0.15) is 0 Å². The van der Waals surface area contributed by atoms with Crippen molar-refractivity contribution in [2.75, 3.05) is 26.0 Å². The lowest BCUT2D eigenvalue weighted by Gasteiger charge is -2.37. The Balaban J connectivity index is 2.25. The van der Waals surface area contributed by atoms with Gasteiger partial charge in [-0.3, -0.25) is 13.8 Å². The van der Waals surface area contributed by atoms with Crippen LogP contribution in [0.5, 0.6) is 5.88 Å². The van der Waals surface area contributed by atoms with Crippen molar-refractivity contribution < 1.29 is 21.8 Å². The molecule has 1 fully saturated rings. The molecule has 0 amide bonds. The molecule has 192 valence electrons. The summed E-state index contributed by atoms with van der Waals surface area (Å²) < 4.78 is 43.7. The van der Waals surface area contributed by atoms with Crippen LogP contribution in [0, 0.1) is 3.57 Å². The van der Waals surface area contributed by atoms with E-state index in [0.717, 1.165) is 28.4 Å². The fourth-order valence-electron chi connectivity index (χ4n) is 3.41. The first-order valence-electron chi connectivity index (χ1n) is 11.7. The molecule has 1 saturated carbocycles. The average molecular weight is 616 g/mol. The highest BCUT2D eigenvalue weighted by Crippen LogP contribution is 2.37. The van der Waals surface area contributed by atoms with Gasteiger partial charge < -0.3 is 9.16 Å². The van der Waals surface area contributed by atoms with Gasteiger partial charge in [-0.2, -0.15) is 8.42 Å². The summed E-state index contributed by atoms with van der Waals surface area (Å²) in [4.78, 5) is 2.31. The van der Waals surface area contributed by atoms with Gasteiger partial charge in [0.25, 0.3) is 10.1 Å². The molecule has 2 atom stereocenters. The summed E-state index contributed by atoms with van der Waals surface area (Å²) in [6, 6.07) is 0.478. The fraction of sp³-hybridized carbons (Fsp3) is 0.864. The van der Waals surface area contributed by atoms with Crippen molar-refractivity contribution in [2.45, 2.75) is 97.2 Å². The second-order valence-corrected chi connectivity index (χ2v) is 18.1. The Morgan fingerprint density at radius 3 is 2.36 bits per heavy atom. The molecule has 0 unspecified atom stereocenters. The molecule has 1 aliphatic rings. The molecular formula is C22H42IN3O5SSi. The smallest absolute Gasteiger partial charge is 0.264 e. The van der Waals surface area contributed by atoms with E-state index in [4.69, 9.17) is 18.4 Å². The van der Waals surface area contributed by atoms with Gasteiger partial charge in [0.15, 0.2) is 8.32 Å². The SMILES string of the molecule is CCOc1nn([C@@H](C)CO[Si](C)(C)C(C)(C)C)c(CN(C[C@H](C)OS(C)(=O)=O)C2CC2)c1I. The Kier molecular flexibility index (Phi) is 9.88. The fourth-order valence-corrected chi connectivity index (χ4v) is 5.84. The zero-order chi connectivity index (χ0) is 25.2. The number of ether oxygens (including phenoxy) is 1. The number of aromatic nitrogens is 2. The lowest BCUT2D eigenvalue weighted by atomic mass is 10.2. The third kappa shape index (κ3) is 8.45. The van der Waals surface area contributed by atoms with Crippen molar-refractivity contribution in [3.63, 3.8) is 0 Å². The van der Waals surface area contributed by atoms with Crippen LogP contribution in [0.2, 0.25) is 18.1 Å². The molecule has 1 aliphatic carbocycles. The molecule has 0 bridgehead atoms. The van der Waals surface area contributed by atoms with E-state index >= 15 is 0 Å². The molecule has 0 N–H and O–H groups in total. The standard InChI is InChI=1S/C22H42IN3O5SSi/c1-10-29-21-20(23)19(14-25(18-11-12-18)13-17(3)31-32(7,27)28)26(24-21)16(2)15-30-33(8,9)22(4,5)6/h16-18H,10-15H2,1-9H3/t16-,17-/m0/s1. The molecule has 0 radical (unpaired) electrons. The van der Waals surface area contributed by atoms with Crippen molar-refractivity contribution in [1.29, 1.82) is 0 Å². The van der Waals surface area contributed by atoms with Crippen LogP contribution in [0.3, 0.4) is 0 Å². The molecule has 0 aliphatic heterocycles. The predicted octanol–water partition coefficient (Wildman–Crippen LogP) is 4.80. The van der Waals surface area contributed by atoms with Crippen LogP contribution in [-0.4, -0.2) is 69.6 Å². The minimum Gasteiger partial charge on any atom is -0.476 e. The molecule has 11 heteroatoms. The van der Waals surface area contributed by atoms with E-state index in [-0.39, 0.29) is 11.1 Å². The summed E-state index contributed by atoms with van der Waals surface area (Å²) in [5.41, 5.74) is 1.07. The van der Waals surface area contributed by atoms with Gasteiger partial charge in [-0.25, -0.2) is 0 Å². The van der Waals surface area contributed by atoms with E-state index in [1.165, 1.54) is 0 Å². The molecule has 8 nitrogen and oxygen atoms in total. The van der Waals surface area contributed by atoms with Crippen LogP contribution in [0.4, 0.5) is 0 Å².